The number of halogens is 2. The molecule has 1 fully saturated rings. The van der Waals surface area contributed by atoms with Crippen molar-refractivity contribution in [3.63, 3.8) is 0 Å². The van der Waals surface area contributed by atoms with Gasteiger partial charge >= 0.3 is 0 Å². The first kappa shape index (κ1) is 18.2. The van der Waals surface area contributed by atoms with Crippen LogP contribution in [0.15, 0.2) is 21.5 Å². The van der Waals surface area contributed by atoms with Gasteiger partial charge in [-0.05, 0) is 60.8 Å². The average molecular weight is 379 g/mol. The Balaban J connectivity index is 0.00000220. The number of H-pyrrole nitrogens is 1. The summed E-state index contributed by atoms with van der Waals surface area (Å²) in [6.07, 6.45) is 4.77. The number of likely N-dealkylation sites (tertiary alicyclic amines) is 1. The topological polar surface area (TPSA) is 65.2 Å². The van der Waals surface area contributed by atoms with E-state index in [9.17, 15) is 9.59 Å². The van der Waals surface area contributed by atoms with Crippen molar-refractivity contribution < 1.29 is 4.79 Å². The molecule has 1 aliphatic rings. The van der Waals surface area contributed by atoms with E-state index >= 15 is 0 Å². The van der Waals surface area contributed by atoms with Crippen molar-refractivity contribution in [1.29, 1.82) is 0 Å². The smallest absolute Gasteiger partial charge is 0.262 e. The number of nitrogens with one attached hydrogen (secondary N) is 2. The Kier molecular flexibility index (Phi) is 7.42. The van der Waals surface area contributed by atoms with E-state index in [1.54, 1.807) is 6.07 Å². The number of piperidine rings is 1. The lowest BCUT2D eigenvalue weighted by molar-refractivity contribution is 0.0686. The number of rotatable bonds is 4. The van der Waals surface area contributed by atoms with Crippen molar-refractivity contribution in [2.45, 2.75) is 19.3 Å². The van der Waals surface area contributed by atoms with Crippen LogP contribution in [0, 0.1) is 5.92 Å². The normalized spacial score (nSPS) is 15.6. The predicted molar refractivity (Wildman–Crippen MR) is 89.2 cm³/mol. The minimum atomic E-state index is -0.215. The second-order valence-electron chi connectivity index (χ2n) is 5.19. The Bertz CT molecular complexity index is 527. The van der Waals surface area contributed by atoms with Gasteiger partial charge in [0.1, 0.15) is 0 Å². The van der Waals surface area contributed by atoms with Crippen LogP contribution < -0.4 is 10.9 Å². The summed E-state index contributed by atoms with van der Waals surface area (Å²) < 4.78 is 0.396. The highest BCUT2D eigenvalue weighted by Crippen LogP contribution is 2.21. The van der Waals surface area contributed by atoms with Crippen molar-refractivity contribution in [2.75, 3.05) is 26.7 Å². The van der Waals surface area contributed by atoms with Gasteiger partial charge in [-0.1, -0.05) is 0 Å². The quantitative estimate of drug-likeness (QED) is 0.842. The molecule has 0 bridgehead atoms. The first-order chi connectivity index (χ1) is 9.61. The average Bonchev–Trinajstić information content (AvgIpc) is 2.48. The van der Waals surface area contributed by atoms with E-state index in [1.807, 2.05) is 11.9 Å². The van der Waals surface area contributed by atoms with Crippen molar-refractivity contribution in [3.05, 3.63) is 32.7 Å². The van der Waals surface area contributed by atoms with E-state index in [0.29, 0.717) is 16.0 Å². The van der Waals surface area contributed by atoms with Crippen LogP contribution in [0.4, 0.5) is 0 Å². The molecule has 1 amide bonds. The number of carbonyl (C=O) groups is 1. The maximum absolute atomic E-state index is 12.4. The molecule has 21 heavy (non-hydrogen) atoms. The Morgan fingerprint density at radius 1 is 1.48 bits per heavy atom. The number of hydrogen-bond acceptors (Lipinski definition) is 3. The lowest BCUT2D eigenvalue weighted by atomic mass is 9.93. The van der Waals surface area contributed by atoms with Gasteiger partial charge in [0.25, 0.3) is 11.5 Å². The number of hydrogen-bond donors (Lipinski definition) is 2. The van der Waals surface area contributed by atoms with Crippen molar-refractivity contribution in [3.8, 4) is 0 Å². The zero-order valence-electron chi connectivity index (χ0n) is 12.0. The molecule has 0 aliphatic carbocycles. The van der Waals surface area contributed by atoms with Gasteiger partial charge in [0.05, 0.1) is 10.0 Å². The summed E-state index contributed by atoms with van der Waals surface area (Å²) in [7, 11) is 1.96. The maximum atomic E-state index is 12.4. The van der Waals surface area contributed by atoms with Gasteiger partial charge in [0.15, 0.2) is 0 Å². The fourth-order valence-corrected chi connectivity index (χ4v) is 2.90. The molecule has 0 unspecified atom stereocenters. The molecular formula is C14H21BrClN3O2. The van der Waals surface area contributed by atoms with Crippen LogP contribution in [0.3, 0.4) is 0 Å². The monoisotopic (exact) mass is 377 g/mol. The van der Waals surface area contributed by atoms with Crippen LogP contribution in [0.1, 0.15) is 29.6 Å². The van der Waals surface area contributed by atoms with Crippen LogP contribution in [-0.2, 0) is 0 Å². The molecule has 0 atom stereocenters. The third-order valence-corrected chi connectivity index (χ3v) is 4.40. The van der Waals surface area contributed by atoms with Crippen LogP contribution in [-0.4, -0.2) is 42.5 Å². The Hall–Kier alpha value is -0.850. The zero-order chi connectivity index (χ0) is 14.5. The highest BCUT2D eigenvalue weighted by atomic mass is 79.9. The van der Waals surface area contributed by atoms with Crippen LogP contribution >= 0.6 is 28.3 Å². The molecule has 2 rings (SSSR count). The summed E-state index contributed by atoms with van der Waals surface area (Å²) in [5.41, 5.74) is 0.317. The van der Waals surface area contributed by atoms with Gasteiger partial charge in [-0.15, -0.1) is 12.4 Å². The van der Waals surface area contributed by atoms with E-state index in [-0.39, 0.29) is 23.9 Å². The zero-order valence-corrected chi connectivity index (χ0v) is 14.4. The second kappa shape index (κ2) is 8.56. The second-order valence-corrected chi connectivity index (χ2v) is 6.05. The number of pyridine rings is 1. The van der Waals surface area contributed by atoms with E-state index in [2.05, 4.69) is 26.2 Å². The molecule has 1 aliphatic heterocycles. The van der Waals surface area contributed by atoms with Gasteiger partial charge in [-0.2, -0.15) is 0 Å². The standard InChI is InChI=1S/C14H20BrN3O2.ClH/c1-16-5-2-10-3-6-18(7-4-10)14(20)11-8-12(15)13(19)17-9-11;/h8-10,16H,2-7H2,1H3,(H,17,19);1H. The number of aromatic nitrogens is 1. The molecule has 1 aromatic rings. The molecule has 118 valence electrons. The molecule has 1 aromatic heterocycles. The molecular weight excluding hydrogens is 358 g/mol. The third kappa shape index (κ3) is 4.83. The largest absolute Gasteiger partial charge is 0.339 e. The maximum Gasteiger partial charge on any atom is 0.262 e. The highest BCUT2D eigenvalue weighted by Gasteiger charge is 2.23. The summed E-state index contributed by atoms with van der Waals surface area (Å²) in [6.45, 7) is 2.62. The lowest BCUT2D eigenvalue weighted by Gasteiger charge is -2.32. The van der Waals surface area contributed by atoms with Gasteiger partial charge in [-0.3, -0.25) is 9.59 Å². The number of carbonyl (C=O) groups excluding carboxylic acids is 1. The SMILES string of the molecule is CNCCC1CCN(C(=O)c2c[nH]c(=O)c(Br)c2)CC1.Cl. The summed E-state index contributed by atoms with van der Waals surface area (Å²) >= 11 is 3.15. The molecule has 0 saturated carbocycles. The van der Waals surface area contributed by atoms with E-state index in [1.165, 1.54) is 12.6 Å². The van der Waals surface area contributed by atoms with Crippen molar-refractivity contribution in [2.24, 2.45) is 5.92 Å². The van der Waals surface area contributed by atoms with Gasteiger partial charge < -0.3 is 15.2 Å². The molecule has 7 heteroatoms. The Morgan fingerprint density at radius 2 is 2.14 bits per heavy atom. The lowest BCUT2D eigenvalue weighted by Crippen LogP contribution is -2.39. The van der Waals surface area contributed by atoms with Crippen LogP contribution in [0.2, 0.25) is 0 Å². The molecule has 1 saturated heterocycles. The Labute approximate surface area is 139 Å². The number of amides is 1. The minimum Gasteiger partial charge on any atom is -0.339 e. The van der Waals surface area contributed by atoms with Crippen LogP contribution in [0.5, 0.6) is 0 Å². The summed E-state index contributed by atoms with van der Waals surface area (Å²) in [5.74, 6) is 0.697. The first-order valence-corrected chi connectivity index (χ1v) is 7.73. The van der Waals surface area contributed by atoms with Crippen LogP contribution in [0.25, 0.3) is 0 Å². The van der Waals surface area contributed by atoms with E-state index in [0.717, 1.165) is 32.5 Å². The fourth-order valence-electron chi connectivity index (χ4n) is 2.54. The fraction of sp³-hybridized carbons (Fsp3) is 0.571. The molecule has 5 nitrogen and oxygen atoms in total. The highest BCUT2D eigenvalue weighted by molar-refractivity contribution is 9.10. The predicted octanol–water partition coefficient (Wildman–Crippen LogP) is 2.02. The third-order valence-electron chi connectivity index (χ3n) is 3.81. The summed E-state index contributed by atoms with van der Waals surface area (Å²) in [5, 5.41) is 3.17. The Morgan fingerprint density at radius 3 is 2.71 bits per heavy atom. The molecule has 0 aromatic carbocycles. The van der Waals surface area contributed by atoms with E-state index in [4.69, 9.17) is 0 Å². The van der Waals surface area contributed by atoms with Crippen molar-refractivity contribution >= 4 is 34.2 Å². The molecule has 2 heterocycles. The van der Waals surface area contributed by atoms with Gasteiger partial charge in [0.2, 0.25) is 0 Å². The molecule has 2 N–H and O–H groups in total. The van der Waals surface area contributed by atoms with Gasteiger partial charge in [0, 0.05) is 19.3 Å². The summed E-state index contributed by atoms with van der Waals surface area (Å²) in [6, 6.07) is 1.59. The van der Waals surface area contributed by atoms with E-state index < -0.39 is 0 Å². The number of aromatic amines is 1. The molecule has 0 spiro atoms. The van der Waals surface area contributed by atoms with Gasteiger partial charge in [-0.25, -0.2) is 0 Å². The number of nitrogens with zero attached hydrogens (tertiary/aromatic N) is 1. The minimum absolute atomic E-state index is 0. The van der Waals surface area contributed by atoms with Crippen molar-refractivity contribution in [1.82, 2.24) is 15.2 Å². The first-order valence-electron chi connectivity index (χ1n) is 6.94. The summed E-state index contributed by atoms with van der Waals surface area (Å²) in [4.78, 5) is 28.1. The molecule has 0 radical (unpaired) electrons.